The summed E-state index contributed by atoms with van der Waals surface area (Å²) in [6.45, 7) is 42.1. The first kappa shape index (κ1) is 55.9. The highest BCUT2D eigenvalue weighted by atomic mass is 32.1. The molecule has 442 valence electrons. The molecule has 1 fully saturated rings. The van der Waals surface area contributed by atoms with Gasteiger partial charge >= 0.3 is 0 Å². The van der Waals surface area contributed by atoms with Gasteiger partial charge in [0.05, 0.1) is 21.6 Å². The molecule has 2 unspecified atom stereocenters. The molecule has 8 aromatic carbocycles. The molecule has 0 radical (unpaired) electrons. The van der Waals surface area contributed by atoms with Crippen LogP contribution in [-0.4, -0.2) is 12.3 Å². The maximum atomic E-state index is 2.90. The Morgan fingerprint density at radius 1 is 0.425 bits per heavy atom. The Morgan fingerprint density at radius 2 is 1.01 bits per heavy atom. The number of hydrogen-bond donors (Lipinski definition) is 0. The van der Waals surface area contributed by atoms with Crippen molar-refractivity contribution < 1.29 is 0 Å². The fraction of sp³-hybridized carbons (Fsp3) is 0.407. The molecule has 6 heteroatoms. The second-order valence-electron chi connectivity index (χ2n) is 33.0. The molecule has 0 amide bonds. The zero-order chi connectivity index (χ0) is 60.8. The van der Waals surface area contributed by atoms with E-state index in [1.54, 1.807) is 0 Å². The third-order valence-corrected chi connectivity index (χ3v) is 26.1. The number of anilines is 8. The lowest BCUT2D eigenvalue weighted by Gasteiger charge is -2.51. The van der Waals surface area contributed by atoms with Crippen molar-refractivity contribution >= 4 is 132 Å². The van der Waals surface area contributed by atoms with Gasteiger partial charge in [-0.2, -0.15) is 0 Å². The van der Waals surface area contributed by atoms with Crippen molar-refractivity contribution in [1.82, 2.24) is 0 Å². The number of benzene rings is 8. The molecule has 87 heavy (non-hydrogen) atoms. The molecule has 3 aliphatic heterocycles. The number of hydrogen-bond acceptors (Lipinski definition) is 5. The average Bonchev–Trinajstić information content (AvgIpc) is 1.73. The highest BCUT2D eigenvalue weighted by Gasteiger charge is 2.59. The van der Waals surface area contributed by atoms with Crippen LogP contribution in [0.5, 0.6) is 0 Å². The number of nitrogens with zero attached hydrogens (tertiary/aromatic N) is 3. The summed E-state index contributed by atoms with van der Waals surface area (Å²) in [5.74, 6) is 0. The van der Waals surface area contributed by atoms with Crippen molar-refractivity contribution in [3.63, 3.8) is 0 Å². The Kier molecular flexibility index (Phi) is 11.5. The van der Waals surface area contributed by atoms with Crippen LogP contribution in [0.25, 0.3) is 40.3 Å². The van der Waals surface area contributed by atoms with Crippen molar-refractivity contribution in [1.29, 1.82) is 0 Å². The summed E-state index contributed by atoms with van der Waals surface area (Å²) in [7, 11) is 0. The largest absolute Gasteiger partial charge is 0.334 e. The molecule has 0 saturated heterocycles. The van der Waals surface area contributed by atoms with Gasteiger partial charge in [0.25, 0.3) is 6.71 Å². The lowest BCUT2D eigenvalue weighted by atomic mass is 9.33. The summed E-state index contributed by atoms with van der Waals surface area (Å²) in [5.41, 5.74) is 26.3. The van der Waals surface area contributed by atoms with E-state index in [4.69, 9.17) is 0 Å². The van der Waals surface area contributed by atoms with E-state index in [0.717, 1.165) is 25.7 Å². The summed E-state index contributed by atoms with van der Waals surface area (Å²) in [6.07, 6.45) is 9.41. The Bertz CT molecular complexity index is 4640. The zero-order valence-electron chi connectivity index (χ0n) is 55.0. The molecule has 3 aliphatic carbocycles. The van der Waals surface area contributed by atoms with Crippen molar-refractivity contribution in [2.45, 2.75) is 213 Å². The van der Waals surface area contributed by atoms with Crippen molar-refractivity contribution in [2.75, 3.05) is 14.7 Å². The van der Waals surface area contributed by atoms with E-state index >= 15 is 0 Å². The van der Waals surface area contributed by atoms with E-state index in [2.05, 4.69) is 260 Å². The minimum absolute atomic E-state index is 0.00386. The van der Waals surface area contributed by atoms with Gasteiger partial charge in [0.1, 0.15) is 0 Å². The van der Waals surface area contributed by atoms with E-state index in [0.29, 0.717) is 0 Å². The van der Waals surface area contributed by atoms with E-state index in [9.17, 15) is 0 Å². The van der Waals surface area contributed by atoms with Crippen LogP contribution in [0.15, 0.2) is 127 Å². The minimum Gasteiger partial charge on any atom is -0.334 e. The number of aryl methyl sites for hydroxylation is 1. The maximum absolute atomic E-state index is 2.90. The Balaban J connectivity index is 1.10. The fourth-order valence-electron chi connectivity index (χ4n) is 18.0. The van der Waals surface area contributed by atoms with Gasteiger partial charge in [0, 0.05) is 75.2 Å². The predicted molar refractivity (Wildman–Crippen MR) is 382 cm³/mol. The average molecular weight is 1180 g/mol. The number of fused-ring (bicyclic) bond motifs is 16. The topological polar surface area (TPSA) is 9.72 Å². The van der Waals surface area contributed by atoms with Crippen LogP contribution >= 0.6 is 22.7 Å². The van der Waals surface area contributed by atoms with Crippen LogP contribution in [0.1, 0.15) is 207 Å². The summed E-state index contributed by atoms with van der Waals surface area (Å²) in [5, 5.41) is 5.40. The monoisotopic (exact) mass is 1180 g/mol. The van der Waals surface area contributed by atoms with Crippen LogP contribution in [-0.2, 0) is 37.9 Å². The van der Waals surface area contributed by atoms with Crippen LogP contribution in [0.3, 0.4) is 0 Å². The molecule has 16 rings (SSSR count). The first-order valence-electron chi connectivity index (χ1n) is 33.0. The number of thiophene rings is 2. The van der Waals surface area contributed by atoms with Crippen LogP contribution in [0, 0.1) is 6.92 Å². The lowest BCUT2D eigenvalue weighted by molar-refractivity contribution is 0.195. The molecule has 2 aromatic heterocycles. The van der Waals surface area contributed by atoms with Crippen molar-refractivity contribution in [2.24, 2.45) is 0 Å². The normalized spacial score (nSPS) is 22.1. The van der Waals surface area contributed by atoms with Gasteiger partial charge < -0.3 is 14.7 Å². The first-order chi connectivity index (χ1) is 41.0. The molecule has 0 N–H and O–H groups in total. The Labute approximate surface area is 527 Å². The minimum atomic E-state index is -0.182. The summed E-state index contributed by atoms with van der Waals surface area (Å²) >= 11 is 3.96. The van der Waals surface area contributed by atoms with Gasteiger partial charge in [-0.15, -0.1) is 22.7 Å². The van der Waals surface area contributed by atoms with Crippen molar-refractivity contribution in [3.8, 4) is 0 Å². The summed E-state index contributed by atoms with van der Waals surface area (Å²) in [4.78, 5) is 8.58. The summed E-state index contributed by atoms with van der Waals surface area (Å²) < 4.78 is 5.41. The first-order valence-corrected chi connectivity index (χ1v) is 34.6. The third-order valence-electron chi connectivity index (χ3n) is 23.7. The summed E-state index contributed by atoms with van der Waals surface area (Å²) in [6, 6.07) is 52.8. The van der Waals surface area contributed by atoms with Gasteiger partial charge in [-0.3, -0.25) is 0 Å². The molecule has 1 saturated carbocycles. The van der Waals surface area contributed by atoms with Gasteiger partial charge in [-0.25, -0.2) is 0 Å². The van der Waals surface area contributed by atoms with Gasteiger partial charge in [0.15, 0.2) is 0 Å². The van der Waals surface area contributed by atoms with E-state index in [1.165, 1.54) is 172 Å². The van der Waals surface area contributed by atoms with Crippen LogP contribution < -0.4 is 31.1 Å². The smallest absolute Gasteiger partial charge is 0.252 e. The fourth-order valence-corrected chi connectivity index (χ4v) is 20.3. The highest BCUT2D eigenvalue weighted by Crippen LogP contribution is 2.64. The van der Waals surface area contributed by atoms with Gasteiger partial charge in [0.2, 0.25) is 0 Å². The molecule has 0 spiro atoms. The molecule has 5 heterocycles. The number of rotatable bonds is 3. The second kappa shape index (κ2) is 18.0. The van der Waals surface area contributed by atoms with Gasteiger partial charge in [-0.05, 0) is 206 Å². The predicted octanol–water partition coefficient (Wildman–Crippen LogP) is 21.8. The molecular formula is C81H88BN3S2. The molecule has 0 bridgehead atoms. The molecular weight excluding hydrogens is 1090 g/mol. The zero-order valence-corrected chi connectivity index (χ0v) is 56.6. The Hall–Kier alpha value is -6.34. The quantitative estimate of drug-likeness (QED) is 0.163. The SMILES string of the molecule is Cc1cc2c(cc1N1c3cc(N4c5ccc(C(C)(C)C)cc5C5(C)CCCCC45C)cc4c3B(c3cc5c(cc3N4c3cccc4sc6ccccc6c34)C(C)(C)CCC5(C)C)c3ccc4c(sc5ccc(C(C)(C)C)cc54)c31)C(C)(C)CCC2(C)C. The molecule has 3 nitrogen and oxygen atoms in total. The highest BCUT2D eigenvalue weighted by molar-refractivity contribution is 7.27. The maximum Gasteiger partial charge on any atom is 0.252 e. The third kappa shape index (κ3) is 7.71. The van der Waals surface area contributed by atoms with Gasteiger partial charge in [-0.1, -0.05) is 183 Å². The molecule has 10 aromatic rings. The standard InChI is InChI=1S/C81H88BN3S2/c1-47-39-54-56(78(12,13)37-35-76(54,8)9)45-63(47)84-66-43-50(85-61-31-27-49(75(5,6)7)41-58(61)80(16)33-20-21-34-81(80,85)17)42-65-71(66)82(59-30-29-51-53-40-48(74(2,3)4)28-32-68(53)87-73(51)72(59)84)60-44-55-57(79(14,15)38-36-77(55,10)11)46-64(60)83(65)62-24-22-26-69-70(62)52-23-18-19-25-67(52)86-69/h18-19,22-32,39-46H,20-21,33-38H2,1-17H3. The lowest BCUT2D eigenvalue weighted by Crippen LogP contribution is -2.62. The molecule has 6 aliphatic rings. The van der Waals surface area contributed by atoms with Crippen LogP contribution in [0.2, 0.25) is 0 Å². The van der Waals surface area contributed by atoms with E-state index in [-0.39, 0.29) is 50.2 Å². The van der Waals surface area contributed by atoms with Crippen molar-refractivity contribution in [3.05, 3.63) is 172 Å². The molecule has 2 atom stereocenters. The Morgan fingerprint density at radius 3 is 1.70 bits per heavy atom. The van der Waals surface area contributed by atoms with E-state index in [1.807, 2.05) is 22.7 Å². The van der Waals surface area contributed by atoms with E-state index < -0.39 is 0 Å². The van der Waals surface area contributed by atoms with Crippen LogP contribution in [0.4, 0.5) is 45.5 Å². The second-order valence-corrected chi connectivity index (χ2v) is 35.1.